The Hall–Kier alpha value is -3.04. The molecule has 0 radical (unpaired) electrons. The van der Waals surface area contributed by atoms with Crippen LogP contribution < -0.4 is 15.4 Å². The number of anilines is 1. The zero-order valence-electron chi connectivity index (χ0n) is 19.9. The van der Waals surface area contributed by atoms with Crippen molar-refractivity contribution in [3.05, 3.63) is 59.2 Å². The molecule has 3 N–H and O–H groups in total. The van der Waals surface area contributed by atoms with Gasteiger partial charge in [-0.2, -0.15) is 0 Å². The van der Waals surface area contributed by atoms with Crippen LogP contribution in [0.4, 0.5) is 5.69 Å². The smallest absolute Gasteiger partial charge is 0.240 e. The number of benzene rings is 2. The van der Waals surface area contributed by atoms with Crippen LogP contribution in [0.25, 0.3) is 0 Å². The van der Waals surface area contributed by atoms with Gasteiger partial charge in [-0.3, -0.25) is 19.7 Å². The molecule has 1 fully saturated rings. The Balaban J connectivity index is 1.32. The van der Waals surface area contributed by atoms with Gasteiger partial charge in [0.25, 0.3) is 0 Å². The molecule has 9 heteroatoms. The first-order valence-electron chi connectivity index (χ1n) is 12.1. The third kappa shape index (κ3) is 5.46. The number of rotatable bonds is 8. The van der Waals surface area contributed by atoms with E-state index in [0.29, 0.717) is 24.9 Å². The van der Waals surface area contributed by atoms with Gasteiger partial charge in [0.2, 0.25) is 27.7 Å². The highest BCUT2D eigenvalue weighted by Gasteiger charge is 2.42. The SMILES string of the molecule is CCC1(c2ccc(NC(=O)CCNS(=O)(=O)c3ccc4c(c3)CCCC4)cc2)CCC(=O)NC1=O. The number of hydrogen-bond acceptors (Lipinski definition) is 5. The summed E-state index contributed by atoms with van der Waals surface area (Å²) in [7, 11) is -3.69. The van der Waals surface area contributed by atoms with Crippen LogP contribution in [0.1, 0.15) is 62.1 Å². The molecule has 186 valence electrons. The molecule has 2 aromatic rings. The van der Waals surface area contributed by atoms with Crippen molar-refractivity contribution in [3.63, 3.8) is 0 Å². The van der Waals surface area contributed by atoms with E-state index in [-0.39, 0.29) is 35.6 Å². The second kappa shape index (κ2) is 10.3. The molecule has 2 aliphatic rings. The van der Waals surface area contributed by atoms with Crippen LogP contribution in [-0.2, 0) is 42.7 Å². The number of carbonyl (C=O) groups is 3. The average molecular weight is 498 g/mol. The van der Waals surface area contributed by atoms with Gasteiger partial charge in [-0.05, 0) is 79.5 Å². The molecule has 1 aliphatic heterocycles. The Morgan fingerprint density at radius 1 is 1.00 bits per heavy atom. The second-order valence-corrected chi connectivity index (χ2v) is 11.0. The monoisotopic (exact) mass is 497 g/mol. The first-order chi connectivity index (χ1) is 16.7. The summed E-state index contributed by atoms with van der Waals surface area (Å²) in [6.07, 6.45) is 5.35. The van der Waals surface area contributed by atoms with Gasteiger partial charge in [0.15, 0.2) is 0 Å². The topological polar surface area (TPSA) is 121 Å². The number of carbonyl (C=O) groups excluding carboxylic acids is 3. The predicted octanol–water partition coefficient (Wildman–Crippen LogP) is 2.96. The van der Waals surface area contributed by atoms with Crippen molar-refractivity contribution in [2.24, 2.45) is 0 Å². The zero-order chi connectivity index (χ0) is 25.1. The summed E-state index contributed by atoms with van der Waals surface area (Å²) in [5.41, 5.74) is 2.88. The number of nitrogens with one attached hydrogen (secondary N) is 3. The number of aryl methyl sites for hydroxylation is 2. The van der Waals surface area contributed by atoms with E-state index in [4.69, 9.17) is 0 Å². The summed E-state index contributed by atoms with van der Waals surface area (Å²) in [4.78, 5) is 36.7. The van der Waals surface area contributed by atoms with Crippen LogP contribution >= 0.6 is 0 Å². The van der Waals surface area contributed by atoms with E-state index < -0.39 is 15.4 Å². The molecule has 4 rings (SSSR count). The summed E-state index contributed by atoms with van der Waals surface area (Å²) in [5, 5.41) is 5.18. The molecule has 0 spiro atoms. The molecular weight excluding hydrogens is 466 g/mol. The van der Waals surface area contributed by atoms with Gasteiger partial charge in [-0.25, -0.2) is 13.1 Å². The molecular formula is C26H31N3O5S. The number of piperidine rings is 1. The maximum Gasteiger partial charge on any atom is 0.240 e. The van der Waals surface area contributed by atoms with E-state index in [1.165, 1.54) is 5.56 Å². The standard InChI is InChI=1S/C26H31N3O5S/c1-2-26(15-13-23(30)29-25(26)32)20-8-10-21(11-9-20)28-24(31)14-16-27-35(33,34)22-12-7-18-5-3-4-6-19(18)17-22/h7-12,17,27H,2-6,13-16H2,1H3,(H,28,31)(H,29,30,32). The molecule has 0 bridgehead atoms. The zero-order valence-corrected chi connectivity index (χ0v) is 20.7. The Morgan fingerprint density at radius 3 is 2.40 bits per heavy atom. The van der Waals surface area contributed by atoms with Gasteiger partial charge in [-0.15, -0.1) is 0 Å². The van der Waals surface area contributed by atoms with Crippen molar-refractivity contribution >= 4 is 33.4 Å². The van der Waals surface area contributed by atoms with Crippen LogP contribution in [0, 0.1) is 0 Å². The molecule has 0 saturated carbocycles. The number of hydrogen-bond donors (Lipinski definition) is 3. The van der Waals surface area contributed by atoms with Gasteiger partial charge >= 0.3 is 0 Å². The second-order valence-electron chi connectivity index (χ2n) is 9.22. The van der Waals surface area contributed by atoms with Crippen LogP contribution in [0.15, 0.2) is 47.4 Å². The lowest BCUT2D eigenvalue weighted by Gasteiger charge is -2.35. The molecule has 2 aromatic carbocycles. The van der Waals surface area contributed by atoms with Gasteiger partial charge in [-0.1, -0.05) is 25.1 Å². The number of imide groups is 1. The van der Waals surface area contributed by atoms with E-state index in [1.807, 2.05) is 13.0 Å². The molecule has 1 saturated heterocycles. The number of amides is 3. The lowest BCUT2D eigenvalue weighted by molar-refractivity contribution is -0.138. The maximum absolute atomic E-state index is 12.7. The minimum absolute atomic E-state index is 0.0174. The highest BCUT2D eigenvalue weighted by atomic mass is 32.2. The van der Waals surface area contributed by atoms with Gasteiger partial charge in [0, 0.05) is 25.1 Å². The summed E-state index contributed by atoms with van der Waals surface area (Å²) in [6, 6.07) is 12.2. The summed E-state index contributed by atoms with van der Waals surface area (Å²) < 4.78 is 27.8. The highest BCUT2D eigenvalue weighted by molar-refractivity contribution is 7.89. The lowest BCUT2D eigenvalue weighted by atomic mass is 9.72. The Labute approximate surface area is 205 Å². The largest absolute Gasteiger partial charge is 0.326 e. The van der Waals surface area contributed by atoms with E-state index in [1.54, 1.807) is 36.4 Å². The minimum Gasteiger partial charge on any atom is -0.326 e. The summed E-state index contributed by atoms with van der Waals surface area (Å²) in [6.45, 7) is 1.90. The molecule has 1 aliphatic carbocycles. The molecule has 1 unspecified atom stereocenters. The van der Waals surface area contributed by atoms with Crippen molar-refractivity contribution < 1.29 is 22.8 Å². The fourth-order valence-electron chi connectivity index (χ4n) is 4.92. The van der Waals surface area contributed by atoms with Crippen LogP contribution in [0.2, 0.25) is 0 Å². The van der Waals surface area contributed by atoms with Gasteiger partial charge in [0.05, 0.1) is 10.3 Å². The van der Waals surface area contributed by atoms with Crippen LogP contribution in [-0.4, -0.2) is 32.7 Å². The fourth-order valence-corrected chi connectivity index (χ4v) is 6.00. The molecule has 1 atom stereocenters. The normalized spacial score (nSPS) is 20.1. The van der Waals surface area contributed by atoms with Crippen molar-refractivity contribution in [2.75, 3.05) is 11.9 Å². The molecule has 8 nitrogen and oxygen atoms in total. The van der Waals surface area contributed by atoms with Crippen LogP contribution in [0.3, 0.4) is 0 Å². The van der Waals surface area contributed by atoms with Crippen molar-refractivity contribution in [1.29, 1.82) is 0 Å². The van der Waals surface area contributed by atoms with Crippen molar-refractivity contribution in [2.45, 2.75) is 68.6 Å². The van der Waals surface area contributed by atoms with E-state index in [0.717, 1.165) is 36.8 Å². The Kier molecular flexibility index (Phi) is 7.37. The number of fused-ring (bicyclic) bond motifs is 1. The quantitative estimate of drug-likeness (QED) is 0.484. The predicted molar refractivity (Wildman–Crippen MR) is 132 cm³/mol. The Morgan fingerprint density at radius 2 is 1.71 bits per heavy atom. The molecule has 35 heavy (non-hydrogen) atoms. The van der Waals surface area contributed by atoms with Crippen molar-refractivity contribution in [3.8, 4) is 0 Å². The third-order valence-corrected chi connectivity index (χ3v) is 8.52. The third-order valence-electron chi connectivity index (χ3n) is 7.07. The van der Waals surface area contributed by atoms with Gasteiger partial charge in [0.1, 0.15) is 0 Å². The summed E-state index contributed by atoms with van der Waals surface area (Å²) >= 11 is 0. The Bertz CT molecular complexity index is 1240. The maximum atomic E-state index is 12.7. The summed E-state index contributed by atoms with van der Waals surface area (Å²) in [5.74, 6) is -0.874. The van der Waals surface area contributed by atoms with E-state index in [2.05, 4.69) is 15.4 Å². The molecule has 3 amide bonds. The lowest BCUT2D eigenvalue weighted by Crippen LogP contribution is -2.51. The van der Waals surface area contributed by atoms with E-state index >= 15 is 0 Å². The average Bonchev–Trinajstić information content (AvgIpc) is 2.84. The van der Waals surface area contributed by atoms with Crippen molar-refractivity contribution in [1.82, 2.24) is 10.0 Å². The highest BCUT2D eigenvalue weighted by Crippen LogP contribution is 2.36. The van der Waals surface area contributed by atoms with Crippen LogP contribution in [0.5, 0.6) is 0 Å². The molecule has 0 aromatic heterocycles. The van der Waals surface area contributed by atoms with E-state index in [9.17, 15) is 22.8 Å². The minimum atomic E-state index is -3.69. The first-order valence-corrected chi connectivity index (χ1v) is 13.6. The van der Waals surface area contributed by atoms with Gasteiger partial charge < -0.3 is 5.32 Å². The fraction of sp³-hybridized carbons (Fsp3) is 0.423. The molecule has 1 heterocycles. The first kappa shape index (κ1) is 25.1. The number of sulfonamides is 1.